The Morgan fingerprint density at radius 2 is 1.83 bits per heavy atom. The van der Waals surface area contributed by atoms with Gasteiger partial charge in [0.15, 0.2) is 0 Å². The van der Waals surface area contributed by atoms with Crippen LogP contribution in [-0.4, -0.2) is 52.9 Å². The molecule has 23 heavy (non-hydrogen) atoms. The molecule has 1 aliphatic carbocycles. The van der Waals surface area contributed by atoms with E-state index < -0.39 is 4.92 Å². The monoisotopic (exact) mass is 317 g/mol. The Kier molecular flexibility index (Phi) is 4.61. The number of carbonyl (C=O) groups excluding carboxylic acids is 1. The Bertz CT molecular complexity index is 603. The van der Waals surface area contributed by atoms with Crippen LogP contribution in [0.2, 0.25) is 0 Å². The van der Waals surface area contributed by atoms with E-state index in [4.69, 9.17) is 0 Å². The SMILES string of the molecule is Cc1c(C(=O)N2CCN(C3CCCC3)CC2)cccc1[N+](=O)[O-]. The van der Waals surface area contributed by atoms with Crippen molar-refractivity contribution in [3.05, 3.63) is 39.4 Å². The first-order valence-corrected chi connectivity index (χ1v) is 8.35. The highest BCUT2D eigenvalue weighted by Crippen LogP contribution is 2.26. The van der Waals surface area contributed by atoms with Crippen LogP contribution in [0.1, 0.15) is 41.6 Å². The van der Waals surface area contributed by atoms with Gasteiger partial charge in [-0.25, -0.2) is 0 Å². The van der Waals surface area contributed by atoms with E-state index in [2.05, 4.69) is 4.90 Å². The highest BCUT2D eigenvalue weighted by Gasteiger charge is 2.29. The van der Waals surface area contributed by atoms with Crippen LogP contribution in [0.3, 0.4) is 0 Å². The Balaban J connectivity index is 1.68. The number of piperazine rings is 1. The number of amides is 1. The quantitative estimate of drug-likeness (QED) is 0.635. The van der Waals surface area contributed by atoms with Crippen LogP contribution < -0.4 is 0 Å². The first-order chi connectivity index (χ1) is 11.1. The number of hydrogen-bond donors (Lipinski definition) is 0. The largest absolute Gasteiger partial charge is 0.336 e. The lowest BCUT2D eigenvalue weighted by atomic mass is 10.0. The molecule has 1 amide bonds. The summed E-state index contributed by atoms with van der Waals surface area (Å²) in [4.78, 5) is 27.6. The minimum Gasteiger partial charge on any atom is -0.336 e. The summed E-state index contributed by atoms with van der Waals surface area (Å²) in [6.45, 7) is 4.88. The Morgan fingerprint density at radius 3 is 2.43 bits per heavy atom. The Morgan fingerprint density at radius 1 is 1.17 bits per heavy atom. The van der Waals surface area contributed by atoms with Gasteiger partial charge in [-0.05, 0) is 25.8 Å². The van der Waals surface area contributed by atoms with Crippen molar-refractivity contribution in [2.75, 3.05) is 26.2 Å². The molecule has 3 rings (SSSR count). The maximum absolute atomic E-state index is 12.7. The molecule has 0 radical (unpaired) electrons. The summed E-state index contributed by atoms with van der Waals surface area (Å²) >= 11 is 0. The molecule has 0 spiro atoms. The lowest BCUT2D eigenvalue weighted by molar-refractivity contribution is -0.385. The maximum Gasteiger partial charge on any atom is 0.273 e. The average molecular weight is 317 g/mol. The smallest absolute Gasteiger partial charge is 0.273 e. The van der Waals surface area contributed by atoms with E-state index in [0.717, 1.165) is 13.1 Å². The van der Waals surface area contributed by atoms with Crippen molar-refractivity contribution >= 4 is 11.6 Å². The van der Waals surface area contributed by atoms with Crippen LogP contribution in [-0.2, 0) is 0 Å². The Labute approximate surface area is 136 Å². The van der Waals surface area contributed by atoms with E-state index in [9.17, 15) is 14.9 Å². The third kappa shape index (κ3) is 3.22. The van der Waals surface area contributed by atoms with Gasteiger partial charge in [0.2, 0.25) is 0 Å². The Hall–Kier alpha value is -1.95. The molecule has 6 nitrogen and oxygen atoms in total. The van der Waals surface area contributed by atoms with Crippen molar-refractivity contribution in [1.29, 1.82) is 0 Å². The van der Waals surface area contributed by atoms with Crippen molar-refractivity contribution in [3.8, 4) is 0 Å². The van der Waals surface area contributed by atoms with Gasteiger partial charge in [-0.1, -0.05) is 18.9 Å². The second-order valence-electron chi connectivity index (χ2n) is 6.47. The first-order valence-electron chi connectivity index (χ1n) is 8.35. The summed E-state index contributed by atoms with van der Waals surface area (Å²) in [6.07, 6.45) is 5.18. The second kappa shape index (κ2) is 6.66. The average Bonchev–Trinajstić information content (AvgIpc) is 3.09. The van der Waals surface area contributed by atoms with Crippen LogP contribution >= 0.6 is 0 Å². The number of hydrogen-bond acceptors (Lipinski definition) is 4. The minimum atomic E-state index is -0.426. The van der Waals surface area contributed by atoms with Crippen molar-refractivity contribution in [1.82, 2.24) is 9.80 Å². The fourth-order valence-electron chi connectivity index (χ4n) is 3.78. The predicted molar refractivity (Wildman–Crippen MR) is 87.6 cm³/mol. The molecule has 1 saturated carbocycles. The lowest BCUT2D eigenvalue weighted by Gasteiger charge is -2.38. The molecule has 0 bridgehead atoms. The zero-order valence-electron chi connectivity index (χ0n) is 13.5. The van der Waals surface area contributed by atoms with Gasteiger partial charge in [0.05, 0.1) is 4.92 Å². The third-order valence-electron chi connectivity index (χ3n) is 5.17. The van der Waals surface area contributed by atoms with E-state index >= 15 is 0 Å². The highest BCUT2D eigenvalue weighted by molar-refractivity contribution is 5.96. The van der Waals surface area contributed by atoms with Crippen molar-refractivity contribution in [2.24, 2.45) is 0 Å². The molecule has 6 heteroatoms. The molecular weight excluding hydrogens is 294 g/mol. The topological polar surface area (TPSA) is 66.7 Å². The van der Waals surface area contributed by atoms with E-state index in [0.29, 0.717) is 30.3 Å². The molecule has 0 atom stereocenters. The van der Waals surface area contributed by atoms with Crippen LogP contribution in [0.25, 0.3) is 0 Å². The summed E-state index contributed by atoms with van der Waals surface area (Å²) in [5.41, 5.74) is 0.926. The minimum absolute atomic E-state index is 0.0143. The lowest BCUT2D eigenvalue weighted by Crippen LogP contribution is -2.51. The summed E-state index contributed by atoms with van der Waals surface area (Å²) in [7, 11) is 0. The molecule has 0 unspecified atom stereocenters. The number of benzene rings is 1. The number of nitrogens with zero attached hydrogens (tertiary/aromatic N) is 3. The summed E-state index contributed by atoms with van der Waals surface area (Å²) < 4.78 is 0. The molecule has 1 aromatic rings. The van der Waals surface area contributed by atoms with Crippen molar-refractivity contribution < 1.29 is 9.72 Å². The van der Waals surface area contributed by atoms with Gasteiger partial charge < -0.3 is 4.90 Å². The highest BCUT2D eigenvalue weighted by atomic mass is 16.6. The van der Waals surface area contributed by atoms with E-state index in [1.165, 1.54) is 31.7 Å². The molecule has 1 aliphatic heterocycles. The van der Waals surface area contributed by atoms with Crippen molar-refractivity contribution in [2.45, 2.75) is 38.6 Å². The summed E-state index contributed by atoms with van der Waals surface area (Å²) in [5, 5.41) is 11.0. The zero-order valence-corrected chi connectivity index (χ0v) is 13.5. The number of carbonyl (C=O) groups is 1. The van der Waals surface area contributed by atoms with E-state index in [-0.39, 0.29) is 11.6 Å². The molecule has 1 heterocycles. The van der Waals surface area contributed by atoms with Crippen LogP contribution in [0, 0.1) is 17.0 Å². The number of nitro groups is 1. The van der Waals surface area contributed by atoms with Gasteiger partial charge in [0.25, 0.3) is 11.6 Å². The third-order valence-corrected chi connectivity index (χ3v) is 5.17. The van der Waals surface area contributed by atoms with Gasteiger partial charge in [0.1, 0.15) is 0 Å². The second-order valence-corrected chi connectivity index (χ2v) is 6.47. The first kappa shape index (κ1) is 15.9. The fraction of sp³-hybridized carbons (Fsp3) is 0.588. The molecule has 1 aromatic carbocycles. The molecule has 124 valence electrons. The van der Waals surface area contributed by atoms with Gasteiger partial charge in [-0.15, -0.1) is 0 Å². The standard InChI is InChI=1S/C17H23N3O3/c1-13-15(7-4-8-16(13)20(22)23)17(21)19-11-9-18(10-12-19)14-5-2-3-6-14/h4,7-8,14H,2-3,5-6,9-12H2,1H3. The molecule has 1 saturated heterocycles. The molecule has 2 fully saturated rings. The van der Waals surface area contributed by atoms with Gasteiger partial charge in [-0.2, -0.15) is 0 Å². The molecule has 0 N–H and O–H groups in total. The van der Waals surface area contributed by atoms with Crippen LogP contribution in [0.4, 0.5) is 5.69 Å². The van der Waals surface area contributed by atoms with E-state index in [1.807, 2.05) is 4.90 Å². The fourth-order valence-corrected chi connectivity index (χ4v) is 3.78. The summed E-state index contributed by atoms with van der Waals surface area (Å²) in [5.74, 6) is -0.0859. The van der Waals surface area contributed by atoms with Gasteiger partial charge >= 0.3 is 0 Å². The number of rotatable bonds is 3. The van der Waals surface area contributed by atoms with Crippen molar-refractivity contribution in [3.63, 3.8) is 0 Å². The van der Waals surface area contributed by atoms with Crippen LogP contribution in [0.15, 0.2) is 18.2 Å². The normalized spacial score (nSPS) is 20.0. The summed E-state index contributed by atoms with van der Waals surface area (Å²) in [6, 6.07) is 5.41. The number of nitro benzene ring substituents is 1. The van der Waals surface area contributed by atoms with Crippen LogP contribution in [0.5, 0.6) is 0 Å². The maximum atomic E-state index is 12.7. The molecular formula is C17H23N3O3. The molecule has 2 aliphatic rings. The zero-order chi connectivity index (χ0) is 16.4. The van der Waals surface area contributed by atoms with E-state index in [1.54, 1.807) is 19.1 Å². The van der Waals surface area contributed by atoms with Gasteiger partial charge in [-0.3, -0.25) is 19.8 Å². The predicted octanol–water partition coefficient (Wildman–Crippen LogP) is 2.60. The van der Waals surface area contributed by atoms with Gasteiger partial charge in [0, 0.05) is 49.4 Å². The molecule has 0 aromatic heterocycles.